The van der Waals surface area contributed by atoms with Crippen LogP contribution < -0.4 is 5.32 Å². The molecule has 0 saturated carbocycles. The maximum atomic E-state index is 13.5. The number of carbonyl (C=O) groups is 1. The molecule has 1 aromatic carbocycles. The lowest BCUT2D eigenvalue weighted by molar-refractivity contribution is -0.155. The number of nitrogens with zero attached hydrogens (tertiary/aromatic N) is 2. The first-order valence-electron chi connectivity index (χ1n) is 7.91. The minimum atomic E-state index is -4.65. The third kappa shape index (κ3) is 3.66. The average Bonchev–Trinajstić information content (AvgIpc) is 2.59. The van der Waals surface area contributed by atoms with Crippen molar-refractivity contribution >= 4 is 16.8 Å². The molecule has 1 atom stereocenters. The highest BCUT2D eigenvalue weighted by Crippen LogP contribution is 2.33. The number of fused-ring (bicyclic) bond motifs is 1. The average molecular weight is 359 g/mol. The van der Waals surface area contributed by atoms with Gasteiger partial charge < -0.3 is 5.32 Å². The molecule has 1 unspecified atom stereocenters. The summed E-state index contributed by atoms with van der Waals surface area (Å²) in [5.41, 5.74) is 2.04. The number of pyridine rings is 2. The number of carbonyl (C=O) groups excluding carboxylic acids is 1. The van der Waals surface area contributed by atoms with Crippen LogP contribution in [0.15, 0.2) is 48.8 Å². The lowest BCUT2D eigenvalue weighted by atomic mass is 10.0. The number of aryl methyl sites for hydroxylation is 2. The topological polar surface area (TPSA) is 54.9 Å². The maximum Gasteiger partial charge on any atom is 0.412 e. The van der Waals surface area contributed by atoms with Crippen molar-refractivity contribution in [1.82, 2.24) is 15.3 Å². The van der Waals surface area contributed by atoms with Gasteiger partial charge in [0.25, 0.3) is 5.91 Å². The SMILES string of the molecule is Cc1ccc2nc(C)cc(C(=O)NC(c3cccnc3)C(F)(F)F)c2c1. The number of halogens is 3. The zero-order chi connectivity index (χ0) is 18.9. The van der Waals surface area contributed by atoms with Gasteiger partial charge in [0.05, 0.1) is 11.1 Å². The summed E-state index contributed by atoms with van der Waals surface area (Å²) in [6, 6.07) is 7.36. The number of amides is 1. The number of hydrogen-bond donors (Lipinski definition) is 1. The van der Waals surface area contributed by atoms with E-state index in [2.05, 4.69) is 15.3 Å². The van der Waals surface area contributed by atoms with Crippen LogP contribution in [-0.4, -0.2) is 22.1 Å². The van der Waals surface area contributed by atoms with Crippen LogP contribution in [0.1, 0.15) is 33.2 Å². The molecule has 2 heterocycles. The summed E-state index contributed by atoms with van der Waals surface area (Å²) in [7, 11) is 0. The molecule has 3 aromatic rings. The standard InChI is InChI=1S/C19H16F3N3O/c1-11-5-6-16-14(8-11)15(9-12(2)24-16)18(26)25-17(19(20,21)22)13-4-3-7-23-10-13/h3-10,17H,1-2H3,(H,25,26). The van der Waals surface area contributed by atoms with Crippen LogP contribution in [-0.2, 0) is 0 Å². The third-order valence-electron chi connectivity index (χ3n) is 3.96. The van der Waals surface area contributed by atoms with Crippen molar-refractivity contribution in [1.29, 1.82) is 0 Å². The zero-order valence-corrected chi connectivity index (χ0v) is 14.1. The van der Waals surface area contributed by atoms with Gasteiger partial charge in [0.2, 0.25) is 0 Å². The molecule has 0 bridgehead atoms. The van der Waals surface area contributed by atoms with Gasteiger partial charge in [0, 0.05) is 29.0 Å². The first kappa shape index (κ1) is 17.8. The number of alkyl halides is 3. The van der Waals surface area contributed by atoms with E-state index in [1.165, 1.54) is 24.4 Å². The van der Waals surface area contributed by atoms with Crippen molar-refractivity contribution in [3.05, 3.63) is 71.2 Å². The highest BCUT2D eigenvalue weighted by Gasteiger charge is 2.42. The Hall–Kier alpha value is -2.96. The van der Waals surface area contributed by atoms with Gasteiger partial charge in [-0.15, -0.1) is 0 Å². The Balaban J connectivity index is 2.03. The predicted octanol–water partition coefficient (Wildman–Crippen LogP) is 4.28. The Morgan fingerprint density at radius 3 is 2.58 bits per heavy atom. The van der Waals surface area contributed by atoms with Crippen LogP contribution in [0, 0.1) is 13.8 Å². The number of aromatic nitrogens is 2. The quantitative estimate of drug-likeness (QED) is 0.759. The van der Waals surface area contributed by atoms with Gasteiger partial charge in [0.1, 0.15) is 0 Å². The summed E-state index contributed by atoms with van der Waals surface area (Å²) in [5.74, 6) is -0.808. The highest BCUT2D eigenvalue weighted by molar-refractivity contribution is 6.06. The molecule has 0 spiro atoms. The summed E-state index contributed by atoms with van der Waals surface area (Å²) < 4.78 is 40.5. The minimum Gasteiger partial charge on any atom is -0.337 e. The van der Waals surface area contributed by atoms with Gasteiger partial charge in [-0.25, -0.2) is 0 Å². The van der Waals surface area contributed by atoms with Crippen LogP contribution in [0.2, 0.25) is 0 Å². The zero-order valence-electron chi connectivity index (χ0n) is 14.1. The Kier molecular flexibility index (Phi) is 4.63. The van der Waals surface area contributed by atoms with E-state index in [0.717, 1.165) is 11.8 Å². The van der Waals surface area contributed by atoms with Gasteiger partial charge >= 0.3 is 6.18 Å². The molecule has 7 heteroatoms. The number of benzene rings is 1. The van der Waals surface area contributed by atoms with Gasteiger partial charge in [-0.3, -0.25) is 14.8 Å². The van der Waals surface area contributed by atoms with E-state index in [1.807, 2.05) is 13.0 Å². The fourth-order valence-electron chi connectivity index (χ4n) is 2.77. The molecule has 134 valence electrons. The molecule has 0 radical (unpaired) electrons. The first-order chi connectivity index (χ1) is 12.3. The van der Waals surface area contributed by atoms with Crippen molar-refractivity contribution in [3.63, 3.8) is 0 Å². The van der Waals surface area contributed by atoms with Gasteiger partial charge in [-0.05, 0) is 38.1 Å². The molecule has 0 aliphatic heterocycles. The van der Waals surface area contributed by atoms with E-state index in [1.54, 1.807) is 19.1 Å². The minimum absolute atomic E-state index is 0.125. The monoisotopic (exact) mass is 359 g/mol. The smallest absolute Gasteiger partial charge is 0.337 e. The fraction of sp³-hybridized carbons (Fsp3) is 0.211. The number of rotatable bonds is 3. The summed E-state index contributed by atoms with van der Waals surface area (Å²) in [6.45, 7) is 3.54. The maximum absolute atomic E-state index is 13.5. The predicted molar refractivity (Wildman–Crippen MR) is 91.7 cm³/mol. The summed E-state index contributed by atoms with van der Waals surface area (Å²) >= 11 is 0. The van der Waals surface area contributed by atoms with Crippen molar-refractivity contribution in [2.24, 2.45) is 0 Å². The van der Waals surface area contributed by atoms with Crippen LogP contribution in [0.4, 0.5) is 13.2 Å². The molecule has 0 aliphatic rings. The second-order valence-electron chi connectivity index (χ2n) is 6.07. The van der Waals surface area contributed by atoms with Crippen molar-refractivity contribution in [2.45, 2.75) is 26.1 Å². The van der Waals surface area contributed by atoms with Crippen molar-refractivity contribution in [3.8, 4) is 0 Å². The van der Waals surface area contributed by atoms with Gasteiger partial charge in [-0.1, -0.05) is 17.7 Å². The van der Waals surface area contributed by atoms with E-state index >= 15 is 0 Å². The number of hydrogen-bond acceptors (Lipinski definition) is 3. The molecule has 0 saturated heterocycles. The molecule has 26 heavy (non-hydrogen) atoms. The molecule has 4 nitrogen and oxygen atoms in total. The molecule has 0 fully saturated rings. The van der Waals surface area contributed by atoms with Crippen LogP contribution in [0.5, 0.6) is 0 Å². The Morgan fingerprint density at radius 2 is 1.92 bits per heavy atom. The van der Waals surface area contributed by atoms with E-state index in [0.29, 0.717) is 16.6 Å². The highest BCUT2D eigenvalue weighted by atomic mass is 19.4. The van der Waals surface area contributed by atoms with Crippen LogP contribution >= 0.6 is 0 Å². The molecule has 0 aliphatic carbocycles. The molecular weight excluding hydrogens is 343 g/mol. The van der Waals surface area contributed by atoms with E-state index < -0.39 is 18.1 Å². The molecule has 1 amide bonds. The lowest BCUT2D eigenvalue weighted by Gasteiger charge is -2.22. The Bertz CT molecular complexity index is 955. The molecule has 2 aromatic heterocycles. The summed E-state index contributed by atoms with van der Waals surface area (Å²) in [5, 5.41) is 2.61. The summed E-state index contributed by atoms with van der Waals surface area (Å²) in [6.07, 6.45) is -2.17. The van der Waals surface area contributed by atoms with Crippen molar-refractivity contribution < 1.29 is 18.0 Å². The molecular formula is C19H16F3N3O. The molecule has 3 rings (SSSR count). The fourth-order valence-corrected chi connectivity index (χ4v) is 2.77. The first-order valence-corrected chi connectivity index (χ1v) is 7.91. The van der Waals surface area contributed by atoms with Gasteiger partial charge in [0.15, 0.2) is 6.04 Å². The van der Waals surface area contributed by atoms with E-state index in [9.17, 15) is 18.0 Å². The Labute approximate surface area is 148 Å². The van der Waals surface area contributed by atoms with Crippen molar-refractivity contribution in [2.75, 3.05) is 0 Å². The van der Waals surface area contributed by atoms with Crippen LogP contribution in [0.3, 0.4) is 0 Å². The third-order valence-corrected chi connectivity index (χ3v) is 3.96. The second kappa shape index (κ2) is 6.74. The normalized spacial score (nSPS) is 12.8. The number of nitrogens with one attached hydrogen (secondary N) is 1. The van der Waals surface area contributed by atoms with Crippen LogP contribution in [0.25, 0.3) is 10.9 Å². The van der Waals surface area contributed by atoms with E-state index in [-0.39, 0.29) is 11.1 Å². The Morgan fingerprint density at radius 1 is 1.15 bits per heavy atom. The second-order valence-corrected chi connectivity index (χ2v) is 6.07. The van der Waals surface area contributed by atoms with E-state index in [4.69, 9.17) is 0 Å². The molecule has 1 N–H and O–H groups in total. The van der Waals surface area contributed by atoms with Gasteiger partial charge in [-0.2, -0.15) is 13.2 Å². The largest absolute Gasteiger partial charge is 0.412 e. The summed E-state index contributed by atoms with van der Waals surface area (Å²) in [4.78, 5) is 20.7. The lowest BCUT2D eigenvalue weighted by Crippen LogP contribution is -2.38.